The van der Waals surface area contributed by atoms with Gasteiger partial charge in [0.25, 0.3) is 0 Å². The molecule has 112 valence electrons. The summed E-state index contributed by atoms with van der Waals surface area (Å²) in [5.41, 5.74) is 1.96. The van der Waals surface area contributed by atoms with Gasteiger partial charge in [-0.25, -0.2) is 13.4 Å². The predicted molar refractivity (Wildman–Crippen MR) is 84.4 cm³/mol. The first-order valence-corrected chi connectivity index (χ1v) is 9.55. The van der Waals surface area contributed by atoms with Crippen molar-refractivity contribution in [1.29, 1.82) is 0 Å². The molecule has 4 nitrogen and oxygen atoms in total. The van der Waals surface area contributed by atoms with E-state index in [1.54, 1.807) is 23.5 Å². The zero-order chi connectivity index (χ0) is 14.9. The number of rotatable bonds is 4. The molecule has 6 heteroatoms. The lowest BCUT2D eigenvalue weighted by atomic mass is 10.0. The molecule has 1 atom stereocenters. The first-order valence-electron chi connectivity index (χ1n) is 7.02. The Morgan fingerprint density at radius 3 is 2.95 bits per heavy atom. The van der Waals surface area contributed by atoms with E-state index in [9.17, 15) is 8.42 Å². The van der Waals surface area contributed by atoms with E-state index in [4.69, 9.17) is 0 Å². The van der Waals surface area contributed by atoms with Gasteiger partial charge in [0.15, 0.2) is 9.84 Å². The molecule has 1 aliphatic heterocycles. The van der Waals surface area contributed by atoms with Crippen LogP contribution >= 0.6 is 11.3 Å². The molecule has 21 heavy (non-hydrogen) atoms. The molecule has 1 unspecified atom stereocenters. The van der Waals surface area contributed by atoms with E-state index in [-0.39, 0.29) is 11.8 Å². The van der Waals surface area contributed by atoms with Gasteiger partial charge in [-0.1, -0.05) is 18.2 Å². The van der Waals surface area contributed by atoms with Crippen LogP contribution in [0.5, 0.6) is 0 Å². The maximum Gasteiger partial charge on any atom is 0.178 e. The van der Waals surface area contributed by atoms with Gasteiger partial charge in [-0.2, -0.15) is 0 Å². The molecule has 2 heterocycles. The zero-order valence-corrected chi connectivity index (χ0v) is 13.5. The lowest BCUT2D eigenvalue weighted by molar-refractivity contribution is 0.494. The molecule has 1 aliphatic rings. The summed E-state index contributed by atoms with van der Waals surface area (Å²) in [6.45, 7) is 2.81. The molecule has 0 radical (unpaired) electrons. The third-order valence-electron chi connectivity index (χ3n) is 3.70. The van der Waals surface area contributed by atoms with Gasteiger partial charge in [0.05, 0.1) is 15.7 Å². The van der Waals surface area contributed by atoms with E-state index in [0.29, 0.717) is 11.3 Å². The zero-order valence-electron chi connectivity index (χ0n) is 11.9. The quantitative estimate of drug-likeness (QED) is 0.939. The van der Waals surface area contributed by atoms with Gasteiger partial charge in [0.2, 0.25) is 0 Å². The number of nitrogens with zero attached hydrogens (tertiary/aromatic N) is 1. The molecule has 1 aromatic heterocycles. The van der Waals surface area contributed by atoms with Gasteiger partial charge in [-0.15, -0.1) is 11.3 Å². The summed E-state index contributed by atoms with van der Waals surface area (Å²) in [4.78, 5) is 4.93. The molecule has 0 saturated carbocycles. The van der Waals surface area contributed by atoms with Crippen LogP contribution in [-0.4, -0.2) is 25.7 Å². The van der Waals surface area contributed by atoms with Crippen molar-refractivity contribution >= 4 is 21.2 Å². The Morgan fingerprint density at radius 2 is 2.19 bits per heavy atom. The Morgan fingerprint density at radius 1 is 1.38 bits per heavy atom. The van der Waals surface area contributed by atoms with E-state index in [1.807, 2.05) is 19.1 Å². The highest BCUT2D eigenvalue weighted by molar-refractivity contribution is 7.91. The van der Waals surface area contributed by atoms with Crippen molar-refractivity contribution < 1.29 is 8.42 Å². The molecular formula is C15H18N2O2S2. The molecule has 0 fully saturated rings. The predicted octanol–water partition coefficient (Wildman–Crippen LogP) is 2.50. The second kappa shape index (κ2) is 5.87. The van der Waals surface area contributed by atoms with Crippen molar-refractivity contribution in [1.82, 2.24) is 10.3 Å². The van der Waals surface area contributed by atoms with Crippen LogP contribution in [0.2, 0.25) is 0 Å². The minimum Gasteiger partial charge on any atom is -0.309 e. The first kappa shape index (κ1) is 14.7. The van der Waals surface area contributed by atoms with Gasteiger partial charge in [-0.3, -0.25) is 0 Å². The molecule has 0 bridgehead atoms. The van der Waals surface area contributed by atoms with Crippen molar-refractivity contribution in [2.24, 2.45) is 0 Å². The minimum atomic E-state index is -3.10. The number of benzene rings is 1. The summed E-state index contributed by atoms with van der Waals surface area (Å²) in [6.07, 6.45) is 1.51. The highest BCUT2D eigenvalue weighted by Crippen LogP contribution is 2.31. The number of hydrogen-bond donors (Lipinski definition) is 1. The smallest absolute Gasteiger partial charge is 0.178 e. The minimum absolute atomic E-state index is 0.116. The lowest BCUT2D eigenvalue weighted by Gasteiger charge is -2.26. The molecule has 0 spiro atoms. The van der Waals surface area contributed by atoms with Crippen molar-refractivity contribution in [2.75, 3.05) is 12.3 Å². The van der Waals surface area contributed by atoms with E-state index in [2.05, 4.69) is 15.7 Å². The Bertz CT molecular complexity index is 738. The van der Waals surface area contributed by atoms with Crippen LogP contribution in [0.25, 0.3) is 0 Å². The number of nitrogens with one attached hydrogen (secondary N) is 1. The highest BCUT2D eigenvalue weighted by atomic mass is 32.2. The molecule has 0 aliphatic carbocycles. The normalized spacial score (nSPS) is 20.1. The molecule has 3 rings (SSSR count). The summed E-state index contributed by atoms with van der Waals surface area (Å²) in [7, 11) is -3.10. The second-order valence-electron chi connectivity index (χ2n) is 5.28. The first-order chi connectivity index (χ1) is 10.1. The van der Waals surface area contributed by atoms with E-state index < -0.39 is 9.84 Å². The van der Waals surface area contributed by atoms with Crippen LogP contribution in [0.1, 0.15) is 28.7 Å². The molecule has 0 saturated heterocycles. The van der Waals surface area contributed by atoms with Crippen molar-refractivity contribution in [3.05, 3.63) is 45.9 Å². The average Bonchev–Trinajstić information content (AvgIpc) is 2.87. The maximum absolute atomic E-state index is 12.1. The van der Waals surface area contributed by atoms with E-state index in [1.165, 1.54) is 0 Å². The third-order valence-corrected chi connectivity index (χ3v) is 6.54. The molecule has 1 N–H and O–H groups in total. The maximum atomic E-state index is 12.1. The Labute approximate surface area is 129 Å². The fourth-order valence-electron chi connectivity index (χ4n) is 2.67. The number of fused-ring (bicyclic) bond motifs is 1. The second-order valence-corrected chi connectivity index (χ2v) is 8.30. The lowest BCUT2D eigenvalue weighted by Crippen LogP contribution is -2.31. The van der Waals surface area contributed by atoms with Gasteiger partial charge in [-0.05, 0) is 25.0 Å². The fraction of sp³-hybridized carbons (Fsp3) is 0.400. The van der Waals surface area contributed by atoms with Crippen LogP contribution < -0.4 is 5.32 Å². The van der Waals surface area contributed by atoms with E-state index >= 15 is 0 Å². The highest BCUT2D eigenvalue weighted by Gasteiger charge is 2.29. The number of aryl methyl sites for hydroxylation is 1. The summed E-state index contributed by atoms with van der Waals surface area (Å²) in [6, 6.07) is 7.43. The SMILES string of the molecule is Cc1csc(CCNC2CCS(=O)(=O)c3ccccc32)n1. The fourth-order valence-corrected chi connectivity index (χ4v) is 5.07. The van der Waals surface area contributed by atoms with Gasteiger partial charge in [0, 0.05) is 30.1 Å². The van der Waals surface area contributed by atoms with Crippen LogP contribution in [0.4, 0.5) is 0 Å². The summed E-state index contributed by atoms with van der Waals surface area (Å²) < 4.78 is 24.2. The van der Waals surface area contributed by atoms with Gasteiger partial charge >= 0.3 is 0 Å². The summed E-state index contributed by atoms with van der Waals surface area (Å²) in [5, 5.41) is 6.65. The summed E-state index contributed by atoms with van der Waals surface area (Å²) in [5.74, 6) is 0.220. The number of thiazole rings is 1. The Balaban J connectivity index is 1.69. The molecule has 2 aromatic rings. The third kappa shape index (κ3) is 3.17. The number of hydrogen-bond acceptors (Lipinski definition) is 5. The van der Waals surface area contributed by atoms with Crippen molar-refractivity contribution in [3.8, 4) is 0 Å². The Hall–Kier alpha value is -1.24. The largest absolute Gasteiger partial charge is 0.309 e. The van der Waals surface area contributed by atoms with Crippen LogP contribution in [0, 0.1) is 6.92 Å². The Kier molecular flexibility index (Phi) is 4.10. The molecular weight excluding hydrogens is 304 g/mol. The van der Waals surface area contributed by atoms with Crippen LogP contribution in [-0.2, 0) is 16.3 Å². The average molecular weight is 322 g/mol. The van der Waals surface area contributed by atoms with Crippen LogP contribution in [0.15, 0.2) is 34.5 Å². The van der Waals surface area contributed by atoms with Gasteiger partial charge < -0.3 is 5.32 Å². The molecule has 1 aromatic carbocycles. The van der Waals surface area contributed by atoms with Gasteiger partial charge in [0.1, 0.15) is 0 Å². The summed E-state index contributed by atoms with van der Waals surface area (Å²) >= 11 is 1.67. The topological polar surface area (TPSA) is 59.1 Å². The van der Waals surface area contributed by atoms with E-state index in [0.717, 1.165) is 29.2 Å². The van der Waals surface area contributed by atoms with Crippen LogP contribution in [0.3, 0.4) is 0 Å². The molecule has 0 amide bonds. The standard InChI is InChI=1S/C15H18N2O2S2/c1-11-10-20-15(17-11)6-8-16-13-7-9-21(18,19)14-5-3-2-4-12(13)14/h2-5,10,13,16H,6-9H2,1H3. The monoisotopic (exact) mass is 322 g/mol. The number of sulfone groups is 1. The van der Waals surface area contributed by atoms with Crippen molar-refractivity contribution in [3.63, 3.8) is 0 Å². The number of aromatic nitrogens is 1. The van der Waals surface area contributed by atoms with Crippen molar-refractivity contribution in [2.45, 2.75) is 30.7 Å².